The second-order valence-corrected chi connectivity index (χ2v) is 12.2. The largest absolute Gasteiger partial charge is 0.391 e. The summed E-state index contributed by atoms with van der Waals surface area (Å²) in [6.07, 6.45) is 6.39. The number of rotatable bonds is 10. The van der Waals surface area contributed by atoms with Gasteiger partial charge in [-0.05, 0) is 30.6 Å². The SMILES string of the molecule is C.CCC.CCC(C)C.CCC(C)C(F)(F)F.CCC(C)CC.CCCC.CCCC(C)C.CCCC(F)(F)F.CCCCC. The van der Waals surface area contributed by atoms with Gasteiger partial charge in [0.05, 0.1) is 5.92 Å². The van der Waals surface area contributed by atoms with E-state index in [0.29, 0.717) is 0 Å². The highest BCUT2D eigenvalue weighted by molar-refractivity contribution is 4.58. The Balaban J connectivity index is -0.0000000475. The van der Waals surface area contributed by atoms with Crippen LogP contribution in [0.25, 0.3) is 0 Å². The summed E-state index contributed by atoms with van der Waals surface area (Å²) < 4.78 is 67.5. The van der Waals surface area contributed by atoms with E-state index in [4.69, 9.17) is 0 Å². The quantitative estimate of drug-likeness (QED) is 0.203. The maximum atomic E-state index is 11.4. The molecule has 0 fully saturated rings. The summed E-state index contributed by atoms with van der Waals surface area (Å²) in [6.45, 7) is 37.4. The van der Waals surface area contributed by atoms with Crippen molar-refractivity contribution in [2.24, 2.45) is 23.7 Å². The van der Waals surface area contributed by atoms with Gasteiger partial charge in [0.1, 0.15) is 0 Å². The van der Waals surface area contributed by atoms with Crippen molar-refractivity contribution >= 4 is 0 Å². The Morgan fingerprint density at radius 2 is 0.778 bits per heavy atom. The molecule has 0 aliphatic carbocycles. The predicted molar refractivity (Wildman–Crippen MR) is 200 cm³/mol. The molecule has 288 valence electrons. The second-order valence-electron chi connectivity index (χ2n) is 12.2. The summed E-state index contributed by atoms with van der Waals surface area (Å²) in [5.41, 5.74) is 0. The van der Waals surface area contributed by atoms with Crippen molar-refractivity contribution in [3.05, 3.63) is 0 Å². The zero-order valence-corrected chi connectivity index (χ0v) is 33.5. The van der Waals surface area contributed by atoms with Crippen molar-refractivity contribution in [2.75, 3.05) is 0 Å². The highest BCUT2D eigenvalue weighted by Gasteiger charge is 2.33. The predicted octanol–water partition coefficient (Wildman–Crippen LogP) is 17.9. The van der Waals surface area contributed by atoms with Crippen LogP contribution in [0.2, 0.25) is 0 Å². The zero-order valence-electron chi connectivity index (χ0n) is 33.5. The van der Waals surface area contributed by atoms with Crippen LogP contribution in [0.3, 0.4) is 0 Å². The van der Waals surface area contributed by atoms with Gasteiger partial charge in [0.25, 0.3) is 0 Å². The Morgan fingerprint density at radius 1 is 0.444 bits per heavy atom. The van der Waals surface area contributed by atoms with Crippen molar-refractivity contribution in [2.45, 2.75) is 234 Å². The van der Waals surface area contributed by atoms with Gasteiger partial charge >= 0.3 is 12.4 Å². The van der Waals surface area contributed by atoms with Crippen LogP contribution in [-0.4, -0.2) is 12.4 Å². The van der Waals surface area contributed by atoms with Gasteiger partial charge in [-0.3, -0.25) is 0 Å². The first-order valence-electron chi connectivity index (χ1n) is 18.3. The van der Waals surface area contributed by atoms with E-state index in [2.05, 4.69) is 104 Å². The molecule has 1 atom stereocenters. The molecule has 0 spiro atoms. The van der Waals surface area contributed by atoms with Gasteiger partial charge in [0, 0.05) is 6.42 Å². The number of hydrogen-bond acceptors (Lipinski definition) is 0. The maximum absolute atomic E-state index is 11.4. The molecule has 0 aliphatic rings. The summed E-state index contributed by atoms with van der Waals surface area (Å²) in [5.74, 6) is 1.57. The van der Waals surface area contributed by atoms with Gasteiger partial charge in [-0.15, -0.1) is 0 Å². The van der Waals surface area contributed by atoms with E-state index in [1.54, 1.807) is 0 Å². The van der Waals surface area contributed by atoms with E-state index in [0.717, 1.165) is 17.8 Å². The van der Waals surface area contributed by atoms with E-state index in [9.17, 15) is 26.3 Å². The Morgan fingerprint density at radius 3 is 0.778 bits per heavy atom. The zero-order chi connectivity index (χ0) is 37.2. The molecule has 0 N–H and O–H groups in total. The molecule has 0 rings (SSSR count). The molecule has 0 aromatic carbocycles. The molecule has 0 saturated heterocycles. The van der Waals surface area contributed by atoms with Crippen LogP contribution in [0.5, 0.6) is 0 Å². The highest BCUT2D eigenvalue weighted by atomic mass is 19.4. The van der Waals surface area contributed by atoms with Crippen LogP contribution in [0, 0.1) is 23.7 Å². The van der Waals surface area contributed by atoms with Gasteiger partial charge in [-0.2, -0.15) is 26.3 Å². The van der Waals surface area contributed by atoms with Gasteiger partial charge in [0.15, 0.2) is 0 Å². The fraction of sp³-hybridized carbons (Fsp3) is 1.00. The fourth-order valence-corrected chi connectivity index (χ4v) is 1.73. The van der Waals surface area contributed by atoms with Crippen LogP contribution in [0.4, 0.5) is 26.3 Å². The Hall–Kier alpha value is -0.420. The average Bonchev–Trinajstić information content (AvgIpc) is 2.93. The van der Waals surface area contributed by atoms with Gasteiger partial charge < -0.3 is 0 Å². The van der Waals surface area contributed by atoms with Crippen LogP contribution in [0.15, 0.2) is 0 Å². The number of alkyl halides is 6. The van der Waals surface area contributed by atoms with E-state index in [1.165, 1.54) is 91.4 Å². The smallest absolute Gasteiger partial charge is 0.171 e. The number of unbranched alkanes of at least 4 members (excludes halogenated alkanes) is 3. The molecule has 0 amide bonds. The van der Waals surface area contributed by atoms with Crippen molar-refractivity contribution in [1.29, 1.82) is 0 Å². The van der Waals surface area contributed by atoms with E-state index in [1.807, 2.05) is 0 Å². The molecule has 0 aromatic rings. The molecule has 0 nitrogen and oxygen atoms in total. The first kappa shape index (κ1) is 66.9. The molecule has 0 aliphatic heterocycles. The van der Waals surface area contributed by atoms with E-state index >= 15 is 0 Å². The van der Waals surface area contributed by atoms with Crippen LogP contribution in [0.1, 0.15) is 222 Å². The molecule has 1 unspecified atom stereocenters. The maximum Gasteiger partial charge on any atom is 0.391 e. The monoisotopic (exact) mass is 673 g/mol. The van der Waals surface area contributed by atoms with Gasteiger partial charge in [0.2, 0.25) is 0 Å². The van der Waals surface area contributed by atoms with E-state index in [-0.39, 0.29) is 20.3 Å². The van der Waals surface area contributed by atoms with Crippen molar-refractivity contribution in [3.8, 4) is 0 Å². The molecular weight excluding hydrogens is 582 g/mol. The molecule has 45 heavy (non-hydrogen) atoms. The normalized spacial score (nSPS) is 10.5. The summed E-state index contributed by atoms with van der Waals surface area (Å²) >= 11 is 0. The summed E-state index contributed by atoms with van der Waals surface area (Å²) in [5, 5.41) is 0. The van der Waals surface area contributed by atoms with Crippen LogP contribution in [-0.2, 0) is 0 Å². The minimum absolute atomic E-state index is 0. The molecule has 6 heteroatoms. The highest BCUT2D eigenvalue weighted by Crippen LogP contribution is 2.27. The minimum atomic E-state index is -3.99. The number of halogens is 6. The van der Waals surface area contributed by atoms with Gasteiger partial charge in [-0.25, -0.2) is 0 Å². The van der Waals surface area contributed by atoms with Crippen molar-refractivity contribution < 1.29 is 26.3 Å². The summed E-state index contributed by atoms with van der Waals surface area (Å²) in [6, 6.07) is 0. The minimum Gasteiger partial charge on any atom is -0.171 e. The van der Waals surface area contributed by atoms with Crippen molar-refractivity contribution in [3.63, 3.8) is 0 Å². The van der Waals surface area contributed by atoms with Crippen LogP contribution < -0.4 is 0 Å². The van der Waals surface area contributed by atoms with Crippen LogP contribution >= 0.6 is 0 Å². The van der Waals surface area contributed by atoms with Gasteiger partial charge in [-0.1, -0.05) is 203 Å². The third-order valence-electron chi connectivity index (χ3n) is 5.99. The molecule has 0 radical (unpaired) electrons. The molecule has 0 bridgehead atoms. The van der Waals surface area contributed by atoms with E-state index < -0.39 is 24.7 Å². The lowest BCUT2D eigenvalue weighted by atomic mass is 10.1. The Bertz CT molecular complexity index is 393. The molecule has 0 heterocycles. The molecule has 0 saturated carbocycles. The lowest BCUT2D eigenvalue weighted by Crippen LogP contribution is -2.18. The third kappa shape index (κ3) is 136. The average molecular weight is 673 g/mol. The number of hydrogen-bond donors (Lipinski definition) is 0. The summed E-state index contributed by atoms with van der Waals surface area (Å²) in [7, 11) is 0. The summed E-state index contributed by atoms with van der Waals surface area (Å²) in [4.78, 5) is 0. The molecular formula is C39H90F6. The standard InChI is InChI=1S/2C6H14.C5H9F3.2C5H12.C4H7F3.C4H10.C3H8.CH4/c1-4-5-6(2)3;1-4-6(3)5-2;1-3-4(2)5(6,7)8;1-4-5(2)3;1-3-5-4-2;1-2-3-4(5,6)7;1-3-4-2;1-3-2;/h2*6H,4-5H2,1-3H3;4H,3H2,1-2H3;5H,4H2,1-3H3;3-5H2,1-2H3;2-3H2,1H3;3-4H2,1-2H3;3H2,1-2H3;1H4. The first-order valence-corrected chi connectivity index (χ1v) is 18.3. The van der Waals surface area contributed by atoms with Crippen molar-refractivity contribution in [1.82, 2.24) is 0 Å². The first-order chi connectivity index (χ1) is 20.1. The Labute approximate surface area is 284 Å². The lowest BCUT2D eigenvalue weighted by Gasteiger charge is -2.11. The second kappa shape index (κ2) is 55.9. The fourth-order valence-electron chi connectivity index (χ4n) is 1.73. The third-order valence-corrected chi connectivity index (χ3v) is 5.99. The lowest BCUT2D eigenvalue weighted by molar-refractivity contribution is -0.170. The Kier molecular flexibility index (Phi) is 83.2. The topological polar surface area (TPSA) is 0 Å². The molecule has 0 aromatic heterocycles.